The molecular weight excluding hydrogens is 619 g/mol. The first kappa shape index (κ1) is 28.2. The van der Waals surface area contributed by atoms with Crippen LogP contribution in [-0.4, -0.2) is 14.1 Å². The van der Waals surface area contributed by atoms with E-state index < -0.39 is 0 Å². The van der Waals surface area contributed by atoms with E-state index in [1.54, 1.807) is 0 Å². The average Bonchev–Trinajstić information content (AvgIpc) is 3.84. The molecule has 0 bridgehead atoms. The lowest BCUT2D eigenvalue weighted by atomic mass is 9.88. The average molecular weight is 650 g/mol. The Morgan fingerprint density at radius 3 is 1.84 bits per heavy atom. The summed E-state index contributed by atoms with van der Waals surface area (Å²) in [5.74, 6) is 0.191. The zero-order chi connectivity index (χ0) is 33.5. The number of pyridine rings is 1. The van der Waals surface area contributed by atoms with Crippen LogP contribution in [0.3, 0.4) is 0 Å². The highest BCUT2D eigenvalue weighted by atomic mass is 15.0. The van der Waals surface area contributed by atoms with Crippen LogP contribution in [0.5, 0.6) is 0 Å². The van der Waals surface area contributed by atoms with Gasteiger partial charge in [0.25, 0.3) is 0 Å². The number of hydrogen-bond donors (Lipinski definition) is 0. The summed E-state index contributed by atoms with van der Waals surface area (Å²) >= 11 is 0. The summed E-state index contributed by atoms with van der Waals surface area (Å²) in [6, 6.07) is 62.2. The molecule has 3 heteroatoms. The molecule has 0 aliphatic heterocycles. The van der Waals surface area contributed by atoms with Gasteiger partial charge in [0, 0.05) is 45.0 Å². The van der Waals surface area contributed by atoms with Crippen molar-refractivity contribution in [3.05, 3.63) is 199 Å². The van der Waals surface area contributed by atoms with Crippen LogP contribution in [-0.2, 0) is 0 Å². The van der Waals surface area contributed by atoms with Gasteiger partial charge in [-0.1, -0.05) is 115 Å². The summed E-state index contributed by atoms with van der Waals surface area (Å²) in [4.78, 5) is 4.50. The molecule has 0 N–H and O–H groups in total. The molecule has 238 valence electrons. The smallest absolute Gasteiger partial charge is 0.0724 e. The summed E-state index contributed by atoms with van der Waals surface area (Å²) in [7, 11) is 0. The summed E-state index contributed by atoms with van der Waals surface area (Å²) in [5, 5.41) is 4.93. The van der Waals surface area contributed by atoms with E-state index in [4.69, 9.17) is 0 Å². The summed E-state index contributed by atoms with van der Waals surface area (Å²) in [5.41, 5.74) is 16.2. The fourth-order valence-corrected chi connectivity index (χ4v) is 8.66. The third-order valence-corrected chi connectivity index (χ3v) is 10.9. The number of benzene rings is 7. The molecule has 7 aromatic carbocycles. The zero-order valence-corrected chi connectivity index (χ0v) is 27.7. The van der Waals surface area contributed by atoms with Crippen LogP contribution in [0.1, 0.15) is 22.6 Å². The fraction of sp³-hybridized carbons (Fsp3) is 0.0208. The maximum absolute atomic E-state index is 4.50. The Bertz CT molecular complexity index is 2910. The summed E-state index contributed by atoms with van der Waals surface area (Å²) in [6.45, 7) is 0. The normalized spacial score (nSPS) is 13.7. The number of fused-ring (bicyclic) bond motifs is 9. The lowest BCUT2D eigenvalue weighted by molar-refractivity contribution is 1.01. The Labute approximate surface area is 295 Å². The molecule has 0 fully saturated rings. The minimum absolute atomic E-state index is 0.191. The molecule has 0 saturated heterocycles. The van der Waals surface area contributed by atoms with Crippen LogP contribution in [0, 0.1) is 0 Å². The monoisotopic (exact) mass is 649 g/mol. The first-order valence-corrected chi connectivity index (χ1v) is 17.6. The molecule has 10 aromatic rings. The van der Waals surface area contributed by atoms with E-state index in [0.29, 0.717) is 0 Å². The predicted octanol–water partition coefficient (Wildman–Crippen LogP) is 12.1. The summed E-state index contributed by atoms with van der Waals surface area (Å²) < 4.78 is 4.76. The molecule has 1 aliphatic carbocycles. The van der Waals surface area contributed by atoms with Crippen LogP contribution in [0.25, 0.3) is 77.2 Å². The van der Waals surface area contributed by atoms with Crippen molar-refractivity contribution in [3.63, 3.8) is 0 Å². The lowest BCUT2D eigenvalue weighted by Gasteiger charge is -2.16. The van der Waals surface area contributed by atoms with Crippen molar-refractivity contribution in [2.24, 2.45) is 0 Å². The molecule has 0 amide bonds. The van der Waals surface area contributed by atoms with Gasteiger partial charge in [-0.3, -0.25) is 4.98 Å². The Morgan fingerprint density at radius 1 is 0.392 bits per heavy atom. The molecule has 0 saturated carbocycles. The van der Waals surface area contributed by atoms with E-state index in [2.05, 4.69) is 184 Å². The molecule has 1 unspecified atom stereocenters. The standard InChI is InChI=1S/C48H31N3/c1-2-10-31(11-3-1)33-20-24-41-42(28-33)36-12-4-5-15-40(36)48(41)32-18-21-34(22-19-32)50-45-17-9-7-14-38(45)43-29-35(23-25-46(43)50)51-44-16-8-6-13-37(44)39-26-27-49-30-47(39)51/h1-30,48H. The van der Waals surface area contributed by atoms with Gasteiger partial charge < -0.3 is 9.13 Å². The summed E-state index contributed by atoms with van der Waals surface area (Å²) in [6.07, 6.45) is 3.86. The third-order valence-electron chi connectivity index (χ3n) is 10.9. The van der Waals surface area contributed by atoms with E-state index in [9.17, 15) is 0 Å². The number of para-hydroxylation sites is 2. The second kappa shape index (κ2) is 10.9. The molecule has 3 aromatic heterocycles. The number of hydrogen-bond acceptors (Lipinski definition) is 1. The molecule has 51 heavy (non-hydrogen) atoms. The van der Waals surface area contributed by atoms with Gasteiger partial charge in [-0.2, -0.15) is 0 Å². The third kappa shape index (κ3) is 4.15. The van der Waals surface area contributed by atoms with Gasteiger partial charge in [-0.15, -0.1) is 0 Å². The van der Waals surface area contributed by atoms with Crippen molar-refractivity contribution in [2.45, 2.75) is 5.92 Å². The van der Waals surface area contributed by atoms with Crippen LogP contribution in [0.2, 0.25) is 0 Å². The van der Waals surface area contributed by atoms with Crippen LogP contribution in [0.4, 0.5) is 0 Å². The molecule has 0 radical (unpaired) electrons. The Hall–Kier alpha value is -6.71. The van der Waals surface area contributed by atoms with Crippen molar-refractivity contribution in [1.82, 2.24) is 14.1 Å². The van der Waals surface area contributed by atoms with Gasteiger partial charge in [-0.05, 0) is 93.5 Å². The van der Waals surface area contributed by atoms with Crippen molar-refractivity contribution in [1.29, 1.82) is 0 Å². The Morgan fingerprint density at radius 2 is 1.02 bits per heavy atom. The molecule has 1 atom stereocenters. The second-order valence-electron chi connectivity index (χ2n) is 13.6. The molecule has 11 rings (SSSR count). The Kier molecular flexibility index (Phi) is 6.02. The zero-order valence-electron chi connectivity index (χ0n) is 27.7. The first-order valence-electron chi connectivity index (χ1n) is 17.6. The van der Waals surface area contributed by atoms with Gasteiger partial charge in [0.1, 0.15) is 0 Å². The van der Waals surface area contributed by atoms with Crippen LogP contribution >= 0.6 is 0 Å². The molecule has 1 aliphatic rings. The van der Waals surface area contributed by atoms with E-state index in [1.165, 1.54) is 77.0 Å². The van der Waals surface area contributed by atoms with Gasteiger partial charge in [0.15, 0.2) is 0 Å². The number of aromatic nitrogens is 3. The highest BCUT2D eigenvalue weighted by Crippen LogP contribution is 2.49. The quantitative estimate of drug-likeness (QED) is 0.186. The highest BCUT2D eigenvalue weighted by molar-refractivity contribution is 6.12. The van der Waals surface area contributed by atoms with E-state index in [1.807, 2.05) is 12.4 Å². The van der Waals surface area contributed by atoms with E-state index >= 15 is 0 Å². The number of nitrogens with zero attached hydrogens (tertiary/aromatic N) is 3. The molecule has 3 heterocycles. The van der Waals surface area contributed by atoms with E-state index in [0.717, 1.165) is 16.9 Å². The Balaban J connectivity index is 1.04. The van der Waals surface area contributed by atoms with Gasteiger partial charge in [0.05, 0.1) is 28.3 Å². The van der Waals surface area contributed by atoms with Crippen molar-refractivity contribution in [3.8, 4) is 33.6 Å². The minimum atomic E-state index is 0.191. The maximum Gasteiger partial charge on any atom is 0.0724 e. The van der Waals surface area contributed by atoms with Crippen LogP contribution in [0.15, 0.2) is 182 Å². The van der Waals surface area contributed by atoms with Crippen molar-refractivity contribution < 1.29 is 0 Å². The predicted molar refractivity (Wildman–Crippen MR) is 211 cm³/mol. The minimum Gasteiger partial charge on any atom is -0.309 e. The first-order chi connectivity index (χ1) is 25.3. The second-order valence-corrected chi connectivity index (χ2v) is 13.6. The molecule has 3 nitrogen and oxygen atoms in total. The molecule has 0 spiro atoms. The topological polar surface area (TPSA) is 22.8 Å². The lowest BCUT2D eigenvalue weighted by Crippen LogP contribution is -2.01. The van der Waals surface area contributed by atoms with Crippen molar-refractivity contribution in [2.75, 3.05) is 0 Å². The highest BCUT2D eigenvalue weighted by Gasteiger charge is 2.30. The largest absolute Gasteiger partial charge is 0.309 e. The number of rotatable bonds is 4. The van der Waals surface area contributed by atoms with Gasteiger partial charge >= 0.3 is 0 Å². The molecular formula is C48H31N3. The van der Waals surface area contributed by atoms with E-state index in [-0.39, 0.29) is 5.92 Å². The van der Waals surface area contributed by atoms with Gasteiger partial charge in [-0.25, -0.2) is 0 Å². The fourth-order valence-electron chi connectivity index (χ4n) is 8.66. The SMILES string of the molecule is c1ccc(-c2ccc3c(c2)-c2ccccc2C3c2ccc(-n3c4ccccc4c4cc(-n5c6ccccc6c6ccncc65)ccc43)cc2)cc1. The van der Waals surface area contributed by atoms with Crippen molar-refractivity contribution >= 4 is 43.6 Å². The van der Waals surface area contributed by atoms with Crippen LogP contribution < -0.4 is 0 Å². The van der Waals surface area contributed by atoms with Gasteiger partial charge in [0.2, 0.25) is 0 Å². The maximum atomic E-state index is 4.50.